The van der Waals surface area contributed by atoms with Crippen LogP contribution in [0.25, 0.3) is 0 Å². The molecule has 0 aliphatic carbocycles. The molecule has 0 unspecified atom stereocenters. The van der Waals surface area contributed by atoms with E-state index in [0.29, 0.717) is 0 Å². The molecule has 5 heteroatoms. The molecule has 0 N–H and O–H groups in total. The molecule has 0 aliphatic heterocycles. The van der Waals surface area contributed by atoms with Crippen LogP contribution in [0, 0.1) is 0 Å². The van der Waals surface area contributed by atoms with Gasteiger partial charge in [-0.1, -0.05) is 0 Å². The quantitative estimate of drug-likeness (QED) is 0.356. The van der Waals surface area contributed by atoms with Crippen molar-refractivity contribution in [2.45, 2.75) is 0 Å². The van der Waals surface area contributed by atoms with Crippen molar-refractivity contribution in [3.05, 3.63) is 0 Å². The summed E-state index contributed by atoms with van der Waals surface area (Å²) in [5.41, 5.74) is 0. The fraction of sp³-hybridized carbons (Fsp3) is 0. The third kappa shape index (κ3) is 17.8. The van der Waals surface area contributed by atoms with Crippen LogP contribution in [-0.2, 0) is 0 Å². The molecule has 0 aromatic carbocycles. The predicted octanol–water partition coefficient (Wildman–Crippen LogP) is 0.169. The van der Waals surface area contributed by atoms with Gasteiger partial charge in [-0.05, 0) is 0 Å². The van der Waals surface area contributed by atoms with Crippen LogP contribution in [0.15, 0.2) is 0 Å². The summed E-state index contributed by atoms with van der Waals surface area (Å²) < 4.78 is 0. The van der Waals surface area contributed by atoms with Gasteiger partial charge in [-0.3, -0.25) is 0 Å². The maximum atomic E-state index is 0. The molecule has 0 amide bonds. The number of rotatable bonds is 0. The summed E-state index contributed by atoms with van der Waals surface area (Å²) in [6.07, 6.45) is 0. The van der Waals surface area contributed by atoms with Crippen LogP contribution in [0.1, 0.15) is 0 Å². The van der Waals surface area contributed by atoms with Crippen molar-refractivity contribution in [2.24, 2.45) is 0 Å². The van der Waals surface area contributed by atoms with Gasteiger partial charge in [-0.2, -0.15) is 0 Å². The third-order valence-corrected chi connectivity index (χ3v) is 0. The molecule has 0 atom stereocenters. The first-order chi connectivity index (χ1) is 0. The molecule has 0 aromatic rings. The van der Waals surface area contributed by atoms with E-state index in [2.05, 4.69) is 0 Å². The van der Waals surface area contributed by atoms with E-state index >= 15 is 0 Å². The van der Waals surface area contributed by atoms with Crippen LogP contribution in [0.5, 0.6) is 0 Å². The predicted molar refractivity (Wildman–Crippen MR) is 46.7 cm³/mol. The van der Waals surface area contributed by atoms with E-state index in [1.807, 2.05) is 0 Å². The van der Waals surface area contributed by atoms with E-state index in [1.54, 1.807) is 0 Å². The van der Waals surface area contributed by atoms with E-state index < -0.39 is 0 Å². The van der Waals surface area contributed by atoms with Crippen molar-refractivity contribution in [2.75, 3.05) is 0 Å². The Morgan fingerprint density at radius 1 is 0.600 bits per heavy atom. The van der Waals surface area contributed by atoms with Crippen molar-refractivity contribution >= 4 is 147 Å². The average molecular weight is 586 g/mol. The summed E-state index contributed by atoms with van der Waals surface area (Å²) in [7, 11) is 0. The van der Waals surface area contributed by atoms with Gasteiger partial charge in [0.05, 0.1) is 0 Å². The Morgan fingerprint density at radius 3 is 0.600 bits per heavy atom. The Balaban J connectivity index is 0. The SMILES string of the molecule is Br.Br.Br.[CsH].[PbH2]. The molecule has 0 saturated heterocycles. The minimum absolute atomic E-state index is 0. The van der Waals surface area contributed by atoms with E-state index in [4.69, 9.17) is 0 Å². The Labute approximate surface area is 142 Å². The van der Waals surface area contributed by atoms with Gasteiger partial charge in [0.15, 0.2) is 0 Å². The van der Waals surface area contributed by atoms with Crippen LogP contribution in [-0.4, -0.2) is 96.2 Å². The molecule has 32 valence electrons. The monoisotopic (exact) mass is 584 g/mol. The van der Waals surface area contributed by atoms with Crippen LogP contribution < -0.4 is 0 Å². The van der Waals surface area contributed by atoms with Gasteiger partial charge in [0.25, 0.3) is 0 Å². The summed E-state index contributed by atoms with van der Waals surface area (Å²) >= 11 is 0. The third-order valence-electron chi connectivity index (χ3n) is 0. The molecule has 0 fully saturated rings. The number of halogens is 3. The van der Waals surface area contributed by atoms with E-state index in [0.717, 1.165) is 0 Å². The Morgan fingerprint density at radius 2 is 0.600 bits per heavy atom. The topological polar surface area (TPSA) is 0 Å². The van der Waals surface area contributed by atoms with Crippen molar-refractivity contribution < 1.29 is 0 Å². The second-order valence-corrected chi connectivity index (χ2v) is 0. The summed E-state index contributed by atoms with van der Waals surface area (Å²) in [4.78, 5) is 0. The number of hydrogen-bond donors (Lipinski definition) is 0. The molecule has 0 rings (SSSR count). The maximum absolute atomic E-state index is 0. The molecular weight excluding hydrogens is 580 g/mol. The van der Waals surface area contributed by atoms with Crippen LogP contribution in [0.2, 0.25) is 0 Å². The Kier molecular flexibility index (Phi) is 162. The summed E-state index contributed by atoms with van der Waals surface area (Å²) in [5.74, 6) is 0. The van der Waals surface area contributed by atoms with Crippen LogP contribution in [0.4, 0.5) is 0 Å². The van der Waals surface area contributed by atoms with Gasteiger partial charge in [0, 0.05) is 0 Å². The van der Waals surface area contributed by atoms with Crippen LogP contribution >= 0.6 is 50.9 Å². The van der Waals surface area contributed by atoms with Gasteiger partial charge < -0.3 is 0 Å². The summed E-state index contributed by atoms with van der Waals surface area (Å²) in [6.45, 7) is 0. The van der Waals surface area contributed by atoms with Gasteiger partial charge in [0.2, 0.25) is 0 Å². The van der Waals surface area contributed by atoms with Gasteiger partial charge >= 0.3 is 96.2 Å². The first kappa shape index (κ1) is 34.2. The second-order valence-electron chi connectivity index (χ2n) is 0. The van der Waals surface area contributed by atoms with E-state index in [-0.39, 0.29) is 147 Å². The molecule has 0 heterocycles. The van der Waals surface area contributed by atoms with E-state index in [1.165, 1.54) is 0 Å². The fourth-order valence-electron chi connectivity index (χ4n) is 0. The fourth-order valence-corrected chi connectivity index (χ4v) is 0. The zero-order valence-electron chi connectivity index (χ0n) is 1.93. The number of hydrogen-bond acceptors (Lipinski definition) is 0. The Bertz CT molecular complexity index is 6.85. The molecule has 0 bridgehead atoms. The first-order valence-electron chi connectivity index (χ1n) is 0. The van der Waals surface area contributed by atoms with E-state index in [9.17, 15) is 0 Å². The molecule has 0 aromatic heterocycles. The zero-order valence-corrected chi connectivity index (χ0v) is 12.6. The molecule has 5 heavy (non-hydrogen) atoms. The van der Waals surface area contributed by atoms with Gasteiger partial charge in [-0.25, -0.2) is 0 Å². The zero-order chi connectivity index (χ0) is 0. The summed E-state index contributed by atoms with van der Waals surface area (Å²) in [5, 5.41) is 0. The second kappa shape index (κ2) is 23.7. The molecule has 0 saturated carbocycles. The van der Waals surface area contributed by atoms with Crippen LogP contribution in [0.3, 0.4) is 0 Å². The van der Waals surface area contributed by atoms with Crippen molar-refractivity contribution in [1.29, 1.82) is 0 Å². The van der Waals surface area contributed by atoms with Crippen molar-refractivity contribution in [3.8, 4) is 0 Å². The molecule has 0 aliphatic rings. The normalized spacial score (nSPS) is 0. The summed E-state index contributed by atoms with van der Waals surface area (Å²) in [6, 6.07) is 0. The first-order valence-corrected chi connectivity index (χ1v) is 0. The molecule has 0 nitrogen and oxygen atoms in total. The molecule has 2 radical (unpaired) electrons. The van der Waals surface area contributed by atoms with Gasteiger partial charge in [-0.15, -0.1) is 50.9 Å². The van der Waals surface area contributed by atoms with Crippen molar-refractivity contribution in [3.63, 3.8) is 0 Å². The average Bonchev–Trinajstić information content (AvgIpc) is 0. The van der Waals surface area contributed by atoms with Crippen molar-refractivity contribution in [1.82, 2.24) is 0 Å². The molecule has 0 spiro atoms. The standard InChI is InChI=1S/3BrH.Cs.Pb.3H/h3*1H;;;;;. The Hall–Kier alpha value is 4.41. The molecular formula is H6Br3CsPb. The van der Waals surface area contributed by atoms with Gasteiger partial charge in [0.1, 0.15) is 0 Å². The minimum atomic E-state index is 0.